The Labute approximate surface area is 161 Å². The van der Waals surface area contributed by atoms with E-state index in [1.165, 1.54) is 17.4 Å². The first-order valence-electron chi connectivity index (χ1n) is 8.39. The maximum Gasteiger partial charge on any atom is 0.182 e. The summed E-state index contributed by atoms with van der Waals surface area (Å²) in [5.74, 6) is 0.251. The molecule has 3 aromatic rings. The Bertz CT molecular complexity index is 940. The van der Waals surface area contributed by atoms with E-state index in [1.807, 2.05) is 0 Å². The lowest BCUT2D eigenvalue weighted by Gasteiger charge is -2.25. The molecule has 1 aromatic heterocycles. The van der Waals surface area contributed by atoms with Gasteiger partial charge in [0.1, 0.15) is 11.6 Å². The topological polar surface area (TPSA) is 48.1 Å². The van der Waals surface area contributed by atoms with Crippen LogP contribution < -0.4 is 10.5 Å². The van der Waals surface area contributed by atoms with Gasteiger partial charge in [-0.1, -0.05) is 30.3 Å². The van der Waals surface area contributed by atoms with Gasteiger partial charge in [-0.2, -0.15) is 0 Å². The second-order valence-corrected chi connectivity index (χ2v) is 7.09. The summed E-state index contributed by atoms with van der Waals surface area (Å²) < 4.78 is 35.7. The fraction of sp³-hybridized carbons (Fsp3) is 0.190. The lowest BCUT2D eigenvalue weighted by Crippen LogP contribution is -2.25. The van der Waals surface area contributed by atoms with Crippen LogP contribution in [0.4, 0.5) is 13.9 Å². The summed E-state index contributed by atoms with van der Waals surface area (Å²) in [5, 5.41) is 1.88. The van der Waals surface area contributed by atoms with Crippen LogP contribution in [0.25, 0.3) is 0 Å². The zero-order valence-corrected chi connectivity index (χ0v) is 15.7. The maximum absolute atomic E-state index is 16.3. The highest BCUT2D eigenvalue weighted by Gasteiger charge is 2.37. The van der Waals surface area contributed by atoms with E-state index in [4.69, 9.17) is 10.5 Å². The summed E-state index contributed by atoms with van der Waals surface area (Å²) >= 11 is 1.17. The molecule has 140 valence electrons. The molecule has 2 N–H and O–H groups in total. The van der Waals surface area contributed by atoms with Crippen LogP contribution in [0.1, 0.15) is 22.4 Å². The number of alkyl halides is 1. The number of nitrogen functional groups attached to an aromatic ring is 1. The number of nitrogens with zero attached hydrogens (tertiary/aromatic N) is 1. The van der Waals surface area contributed by atoms with Crippen LogP contribution in [-0.2, 0) is 18.5 Å². The second kappa shape index (κ2) is 7.88. The number of methoxy groups -OCH3 is 1. The first kappa shape index (κ1) is 19.0. The highest BCUT2D eigenvalue weighted by molar-refractivity contribution is 7.13. The van der Waals surface area contributed by atoms with Crippen molar-refractivity contribution in [1.29, 1.82) is 0 Å². The third-order valence-electron chi connectivity index (χ3n) is 4.40. The van der Waals surface area contributed by atoms with E-state index in [0.717, 1.165) is 0 Å². The first-order chi connectivity index (χ1) is 13.0. The quantitative estimate of drug-likeness (QED) is 0.578. The number of nitrogens with two attached hydrogens (primary N) is 1. The van der Waals surface area contributed by atoms with Crippen molar-refractivity contribution < 1.29 is 13.5 Å². The smallest absolute Gasteiger partial charge is 0.182 e. The summed E-state index contributed by atoms with van der Waals surface area (Å²) in [7, 11) is 1.55. The SMILES string of the molecule is C=CCc1ccc(CC(F)(c2ccc(OC)cc2)c2csc(N)n2)cc1F. The van der Waals surface area contributed by atoms with Gasteiger partial charge in [0.25, 0.3) is 0 Å². The standard InChI is InChI=1S/C21H20F2N2OS/c1-3-4-15-6-5-14(11-18(15)22)12-21(23,19-13-27-20(24)25-19)16-7-9-17(26-2)10-8-16/h3,5-11,13H,1,4,12H2,2H3,(H2,24,25). The fourth-order valence-corrected chi connectivity index (χ4v) is 3.59. The minimum Gasteiger partial charge on any atom is -0.497 e. The molecule has 0 aliphatic carbocycles. The van der Waals surface area contributed by atoms with Gasteiger partial charge < -0.3 is 10.5 Å². The molecule has 0 aliphatic heterocycles. The Balaban J connectivity index is 2.02. The average Bonchev–Trinajstić information content (AvgIpc) is 3.11. The summed E-state index contributed by atoms with van der Waals surface area (Å²) in [6, 6.07) is 11.4. The number of aromatic nitrogens is 1. The van der Waals surface area contributed by atoms with E-state index in [9.17, 15) is 4.39 Å². The zero-order chi connectivity index (χ0) is 19.4. The molecule has 6 heteroatoms. The highest BCUT2D eigenvalue weighted by Crippen LogP contribution is 2.39. The van der Waals surface area contributed by atoms with E-state index in [2.05, 4.69) is 11.6 Å². The number of thiazole rings is 1. The van der Waals surface area contributed by atoms with Gasteiger partial charge in [-0.25, -0.2) is 13.8 Å². The Morgan fingerprint density at radius 3 is 2.56 bits per heavy atom. The monoisotopic (exact) mass is 386 g/mol. The number of hydrogen-bond acceptors (Lipinski definition) is 4. The fourth-order valence-electron chi connectivity index (χ4n) is 2.97. The highest BCUT2D eigenvalue weighted by atomic mass is 32.1. The molecule has 0 radical (unpaired) electrons. The molecule has 1 heterocycles. The van der Waals surface area contributed by atoms with Crippen LogP contribution in [0.15, 0.2) is 60.5 Å². The van der Waals surface area contributed by atoms with Crippen molar-refractivity contribution in [1.82, 2.24) is 4.98 Å². The Kier molecular flexibility index (Phi) is 5.56. The lowest BCUT2D eigenvalue weighted by molar-refractivity contribution is 0.215. The van der Waals surface area contributed by atoms with Crippen LogP contribution in [0.3, 0.4) is 0 Å². The van der Waals surface area contributed by atoms with Crippen LogP contribution in [0.5, 0.6) is 5.75 Å². The molecule has 1 unspecified atom stereocenters. The van der Waals surface area contributed by atoms with Crippen LogP contribution in [-0.4, -0.2) is 12.1 Å². The van der Waals surface area contributed by atoms with Crippen molar-refractivity contribution in [3.8, 4) is 5.75 Å². The van der Waals surface area contributed by atoms with Gasteiger partial charge >= 0.3 is 0 Å². The van der Waals surface area contributed by atoms with Gasteiger partial charge in [0.05, 0.1) is 12.8 Å². The number of halogens is 2. The number of benzene rings is 2. The molecule has 0 fully saturated rings. The molecular formula is C21H20F2N2OS. The molecule has 3 nitrogen and oxygen atoms in total. The number of allylic oxidation sites excluding steroid dienone is 1. The van der Waals surface area contributed by atoms with Gasteiger partial charge in [-0.3, -0.25) is 0 Å². The van der Waals surface area contributed by atoms with E-state index in [-0.39, 0.29) is 23.1 Å². The van der Waals surface area contributed by atoms with Crippen molar-refractivity contribution in [3.05, 3.63) is 88.7 Å². The molecule has 0 bridgehead atoms. The van der Waals surface area contributed by atoms with Gasteiger partial charge in [-0.05, 0) is 41.3 Å². The Morgan fingerprint density at radius 1 is 1.26 bits per heavy atom. The maximum atomic E-state index is 16.3. The summed E-state index contributed by atoms with van der Waals surface area (Å²) in [6.45, 7) is 3.62. The van der Waals surface area contributed by atoms with Crippen molar-refractivity contribution in [2.75, 3.05) is 12.8 Å². The minimum atomic E-state index is -1.94. The molecule has 0 saturated heterocycles. The molecule has 27 heavy (non-hydrogen) atoms. The van der Waals surface area contributed by atoms with Crippen molar-refractivity contribution in [3.63, 3.8) is 0 Å². The number of hydrogen-bond donors (Lipinski definition) is 1. The second-order valence-electron chi connectivity index (χ2n) is 6.20. The molecule has 1 atom stereocenters. The van der Waals surface area contributed by atoms with Crippen LogP contribution >= 0.6 is 11.3 Å². The summed E-state index contributed by atoms with van der Waals surface area (Å²) in [6.07, 6.45) is 1.99. The Morgan fingerprint density at radius 2 is 2.00 bits per heavy atom. The lowest BCUT2D eigenvalue weighted by atomic mass is 9.86. The summed E-state index contributed by atoms with van der Waals surface area (Å²) in [5.41, 5.74) is 5.46. The minimum absolute atomic E-state index is 0.0617. The van der Waals surface area contributed by atoms with E-state index < -0.39 is 5.67 Å². The third kappa shape index (κ3) is 4.01. The molecule has 0 saturated carbocycles. The largest absolute Gasteiger partial charge is 0.497 e. The molecule has 0 amide bonds. The van der Waals surface area contributed by atoms with Gasteiger partial charge in [0.2, 0.25) is 0 Å². The van der Waals surface area contributed by atoms with Crippen LogP contribution in [0.2, 0.25) is 0 Å². The molecular weight excluding hydrogens is 366 g/mol. The van der Waals surface area contributed by atoms with Crippen molar-refractivity contribution in [2.45, 2.75) is 18.5 Å². The van der Waals surface area contributed by atoms with Gasteiger partial charge in [-0.15, -0.1) is 17.9 Å². The third-order valence-corrected chi connectivity index (χ3v) is 5.08. The molecule has 3 rings (SSSR count). The zero-order valence-electron chi connectivity index (χ0n) is 14.9. The predicted octanol–water partition coefficient (Wildman–Crippen LogP) is 5.06. The number of anilines is 1. The molecule has 2 aromatic carbocycles. The normalized spacial score (nSPS) is 13.1. The van der Waals surface area contributed by atoms with Gasteiger partial charge in [0, 0.05) is 11.8 Å². The van der Waals surface area contributed by atoms with Gasteiger partial charge in [0.15, 0.2) is 10.8 Å². The molecule has 0 aliphatic rings. The van der Waals surface area contributed by atoms with E-state index in [0.29, 0.717) is 28.9 Å². The number of ether oxygens (including phenoxy) is 1. The van der Waals surface area contributed by atoms with Crippen LogP contribution in [0, 0.1) is 5.82 Å². The predicted molar refractivity (Wildman–Crippen MR) is 105 cm³/mol. The first-order valence-corrected chi connectivity index (χ1v) is 9.27. The van der Waals surface area contributed by atoms with Crippen molar-refractivity contribution >= 4 is 16.5 Å². The van der Waals surface area contributed by atoms with Crippen molar-refractivity contribution in [2.24, 2.45) is 0 Å². The molecule has 0 spiro atoms. The Hall–Kier alpha value is -2.73. The van der Waals surface area contributed by atoms with E-state index in [1.54, 1.807) is 55.0 Å². The van der Waals surface area contributed by atoms with E-state index >= 15 is 4.39 Å². The summed E-state index contributed by atoms with van der Waals surface area (Å²) in [4.78, 5) is 4.15. The number of rotatable bonds is 7. The average molecular weight is 386 g/mol.